The molecule has 8 nitrogen and oxygen atoms in total. The van der Waals surface area contributed by atoms with Crippen LogP contribution in [0.1, 0.15) is 57.3 Å². The van der Waals surface area contributed by atoms with Gasteiger partial charge < -0.3 is 24.8 Å². The van der Waals surface area contributed by atoms with E-state index in [0.29, 0.717) is 48.2 Å². The Balaban J connectivity index is 0.00000380. The van der Waals surface area contributed by atoms with Gasteiger partial charge in [0.05, 0.1) is 18.5 Å². The number of carbonyl (C=O) groups excluding carboxylic acids is 1. The molecule has 2 aromatic rings. The van der Waals surface area contributed by atoms with Gasteiger partial charge >= 0.3 is 6.01 Å². The van der Waals surface area contributed by atoms with E-state index in [1.54, 1.807) is 28.8 Å². The van der Waals surface area contributed by atoms with E-state index in [9.17, 15) is 9.18 Å². The maximum Gasteiger partial charge on any atom is 0.324 e. The minimum atomic E-state index is -0.727. The van der Waals surface area contributed by atoms with Crippen molar-refractivity contribution in [3.63, 3.8) is 0 Å². The van der Waals surface area contributed by atoms with Gasteiger partial charge in [-0.25, -0.2) is 4.39 Å². The van der Waals surface area contributed by atoms with Crippen LogP contribution < -0.4 is 15.4 Å². The Morgan fingerprint density at radius 3 is 2.65 bits per heavy atom. The van der Waals surface area contributed by atoms with Crippen LogP contribution in [0.5, 0.6) is 5.75 Å². The summed E-state index contributed by atoms with van der Waals surface area (Å²) in [4.78, 5) is 20.8. The molecule has 1 aromatic heterocycles. The van der Waals surface area contributed by atoms with Gasteiger partial charge in [-0.3, -0.25) is 4.79 Å². The summed E-state index contributed by atoms with van der Waals surface area (Å²) in [6.07, 6.45) is 3.22. The number of benzene rings is 1. The van der Waals surface area contributed by atoms with Crippen molar-refractivity contribution in [3.8, 4) is 5.75 Å². The number of amides is 1. The van der Waals surface area contributed by atoms with Gasteiger partial charge in [0.1, 0.15) is 11.6 Å². The zero-order chi connectivity index (χ0) is 25.7. The number of carbonyl (C=O) groups is 1. The van der Waals surface area contributed by atoms with E-state index in [2.05, 4.69) is 35.8 Å². The van der Waals surface area contributed by atoms with Crippen molar-refractivity contribution >= 4 is 36.1 Å². The van der Waals surface area contributed by atoms with Crippen LogP contribution in [0, 0.1) is 17.7 Å². The molecule has 2 saturated heterocycles. The molecule has 0 radical (unpaired) electrons. The number of thioether (sulfide) groups is 1. The predicted molar refractivity (Wildman–Crippen MR) is 147 cm³/mol. The fraction of sp³-hybridized carbons (Fsp3) is 0.654. The number of rotatable bonds is 10. The number of hydrogen-bond donors (Lipinski definition) is 1. The van der Waals surface area contributed by atoms with Crippen LogP contribution in [0.2, 0.25) is 0 Å². The molecule has 2 N–H and O–H groups in total. The summed E-state index contributed by atoms with van der Waals surface area (Å²) < 4.78 is 26.0. The van der Waals surface area contributed by atoms with Gasteiger partial charge in [0.2, 0.25) is 5.91 Å². The molecule has 0 bridgehead atoms. The number of nitrogens with two attached hydrogens (primary N) is 1. The number of nitrogens with zero attached hydrogens (tertiary/aromatic N) is 4. The van der Waals surface area contributed by atoms with E-state index in [-0.39, 0.29) is 36.5 Å². The van der Waals surface area contributed by atoms with Gasteiger partial charge in [0, 0.05) is 37.4 Å². The van der Waals surface area contributed by atoms with Gasteiger partial charge in [0.25, 0.3) is 0 Å². The highest BCUT2D eigenvalue weighted by molar-refractivity contribution is 7.99. The van der Waals surface area contributed by atoms with E-state index in [4.69, 9.17) is 15.0 Å². The Labute approximate surface area is 229 Å². The van der Waals surface area contributed by atoms with Crippen LogP contribution in [0.15, 0.2) is 22.7 Å². The Hall–Kier alpha value is -2.04. The van der Waals surface area contributed by atoms with Crippen molar-refractivity contribution in [2.75, 3.05) is 42.8 Å². The molecule has 2 aliphatic rings. The maximum absolute atomic E-state index is 14.7. The zero-order valence-corrected chi connectivity index (χ0v) is 23.5. The van der Waals surface area contributed by atoms with Gasteiger partial charge in [-0.15, -0.1) is 24.2 Å². The summed E-state index contributed by atoms with van der Waals surface area (Å²) in [7, 11) is 0. The predicted octanol–water partition coefficient (Wildman–Crippen LogP) is 4.48. The minimum absolute atomic E-state index is 0. The molecule has 2 fully saturated rings. The van der Waals surface area contributed by atoms with E-state index in [1.807, 2.05) is 0 Å². The van der Waals surface area contributed by atoms with E-state index >= 15 is 0 Å². The lowest BCUT2D eigenvalue weighted by molar-refractivity contribution is -0.131. The molecule has 1 aromatic carbocycles. The number of hydrogen-bond acceptors (Lipinski definition) is 8. The molecule has 0 saturated carbocycles. The summed E-state index contributed by atoms with van der Waals surface area (Å²) in [6.45, 7) is 9.43. The van der Waals surface area contributed by atoms with Crippen molar-refractivity contribution in [1.29, 1.82) is 0 Å². The standard InChI is InChI=1S/C26H38FN5O3S.ClH/c1-17(2)24-29-26(35-30-24)31-9-6-19(7-10-31)18(3)8-12-34-21-5-4-20(22(27)15-21)14-23(28)25(33)32-11-13-36-16-32;/h4-5,15,17-19,23H,6-14,16,28H2,1-3H3;1H/t18-,23+;/m1./s1. The third kappa shape index (κ3) is 7.74. The first kappa shape index (κ1) is 29.5. The molecule has 0 spiro atoms. The van der Waals surface area contributed by atoms with Crippen LogP contribution in [0.3, 0.4) is 0 Å². The lowest BCUT2D eigenvalue weighted by Crippen LogP contribution is -2.43. The van der Waals surface area contributed by atoms with Crippen molar-refractivity contribution < 1.29 is 18.4 Å². The van der Waals surface area contributed by atoms with Crippen molar-refractivity contribution in [3.05, 3.63) is 35.4 Å². The lowest BCUT2D eigenvalue weighted by Gasteiger charge is -2.33. The molecule has 3 heterocycles. The lowest BCUT2D eigenvalue weighted by atomic mass is 9.84. The molecular weight excluding hydrogens is 517 g/mol. The third-order valence-electron chi connectivity index (χ3n) is 7.25. The second-order valence-electron chi connectivity index (χ2n) is 10.2. The van der Waals surface area contributed by atoms with Gasteiger partial charge in [-0.2, -0.15) is 4.98 Å². The molecule has 37 heavy (non-hydrogen) atoms. The highest BCUT2D eigenvalue weighted by Gasteiger charge is 2.27. The number of aromatic nitrogens is 2. The van der Waals surface area contributed by atoms with E-state index < -0.39 is 6.04 Å². The molecule has 0 aliphatic carbocycles. The fourth-order valence-corrected chi connectivity index (χ4v) is 5.73. The SMILES string of the molecule is CC(C)c1noc(N2CCC([C@H](C)CCOc3ccc(C[C@H](N)C(=O)N4CCSC4)c(F)c3)CC2)n1.Cl. The van der Waals surface area contributed by atoms with Crippen LogP contribution in [-0.4, -0.2) is 64.9 Å². The van der Waals surface area contributed by atoms with Crippen LogP contribution in [-0.2, 0) is 11.2 Å². The highest BCUT2D eigenvalue weighted by Crippen LogP contribution is 2.30. The average Bonchev–Trinajstić information content (AvgIpc) is 3.58. The van der Waals surface area contributed by atoms with Gasteiger partial charge in [0.15, 0.2) is 5.82 Å². The monoisotopic (exact) mass is 555 g/mol. The molecular formula is C26H39ClFN5O3S. The maximum atomic E-state index is 14.7. The smallest absolute Gasteiger partial charge is 0.324 e. The van der Waals surface area contributed by atoms with Gasteiger partial charge in [-0.1, -0.05) is 32.0 Å². The topological polar surface area (TPSA) is 97.7 Å². The van der Waals surface area contributed by atoms with Crippen molar-refractivity contribution in [2.24, 2.45) is 17.6 Å². The van der Waals surface area contributed by atoms with Crippen molar-refractivity contribution in [1.82, 2.24) is 15.0 Å². The number of halogens is 2. The first-order valence-corrected chi connectivity index (χ1v) is 14.1. The van der Waals surface area contributed by atoms with Crippen LogP contribution in [0.4, 0.5) is 10.4 Å². The summed E-state index contributed by atoms with van der Waals surface area (Å²) in [5.74, 6) is 3.71. The third-order valence-corrected chi connectivity index (χ3v) is 8.22. The van der Waals surface area contributed by atoms with Crippen molar-refractivity contribution in [2.45, 2.75) is 58.4 Å². The van der Waals surface area contributed by atoms with Gasteiger partial charge in [-0.05, 0) is 49.1 Å². The number of anilines is 1. The quantitative estimate of drug-likeness (QED) is 0.458. The Kier molecular flexibility index (Phi) is 10.9. The second-order valence-corrected chi connectivity index (χ2v) is 11.3. The zero-order valence-electron chi connectivity index (χ0n) is 21.9. The number of ether oxygens (including phenoxy) is 1. The highest BCUT2D eigenvalue weighted by atomic mass is 35.5. The molecule has 4 rings (SSSR count). The summed E-state index contributed by atoms with van der Waals surface area (Å²) in [5.41, 5.74) is 6.50. The molecule has 206 valence electrons. The first-order chi connectivity index (χ1) is 17.3. The summed E-state index contributed by atoms with van der Waals surface area (Å²) >= 11 is 1.71. The normalized spacial score (nSPS) is 18.1. The average molecular weight is 556 g/mol. The molecule has 2 aliphatic heterocycles. The summed E-state index contributed by atoms with van der Waals surface area (Å²) in [6, 6.07) is 4.74. The van der Waals surface area contributed by atoms with E-state index in [1.165, 1.54) is 6.07 Å². The Bertz CT molecular complexity index is 1010. The minimum Gasteiger partial charge on any atom is -0.493 e. The first-order valence-electron chi connectivity index (χ1n) is 12.9. The summed E-state index contributed by atoms with van der Waals surface area (Å²) in [5, 5.41) is 4.07. The van der Waals surface area contributed by atoms with Crippen LogP contribution >= 0.6 is 24.2 Å². The number of piperidine rings is 1. The fourth-order valence-electron chi connectivity index (χ4n) is 4.78. The Morgan fingerprint density at radius 2 is 2.03 bits per heavy atom. The molecule has 11 heteroatoms. The molecule has 1 amide bonds. The second kappa shape index (κ2) is 13.7. The Morgan fingerprint density at radius 1 is 1.27 bits per heavy atom. The van der Waals surface area contributed by atoms with Crippen LogP contribution in [0.25, 0.3) is 0 Å². The van der Waals surface area contributed by atoms with E-state index in [0.717, 1.165) is 43.9 Å². The largest absolute Gasteiger partial charge is 0.493 e. The molecule has 2 atom stereocenters. The molecule has 0 unspecified atom stereocenters.